The highest BCUT2D eigenvalue weighted by molar-refractivity contribution is 6.17. The first-order valence-corrected chi connectivity index (χ1v) is 5.35. The van der Waals surface area contributed by atoms with Gasteiger partial charge in [-0.25, -0.2) is 0 Å². The zero-order chi connectivity index (χ0) is 10.8. The van der Waals surface area contributed by atoms with Gasteiger partial charge in [-0.1, -0.05) is 6.92 Å². The van der Waals surface area contributed by atoms with Crippen LogP contribution in [0.15, 0.2) is 23.1 Å². The second kappa shape index (κ2) is 6.84. The van der Waals surface area contributed by atoms with Gasteiger partial charge in [-0.05, 0) is 24.1 Å². The fraction of sp³-hybridized carbons (Fsp3) is 0.273. The molecule has 0 aliphatic rings. The van der Waals surface area contributed by atoms with Crippen LogP contribution >= 0.6 is 36.4 Å². The lowest BCUT2D eigenvalue weighted by Crippen LogP contribution is -2.11. The third-order valence-corrected chi connectivity index (χ3v) is 2.67. The number of nitrogens with zero attached hydrogens (tertiary/aromatic N) is 1. The quantitative estimate of drug-likeness (QED) is 0.866. The highest BCUT2D eigenvalue weighted by atomic mass is 35.5. The maximum Gasteiger partial charge on any atom is 0.251 e. The lowest BCUT2D eigenvalue weighted by atomic mass is 10.2. The van der Waals surface area contributed by atoms with Gasteiger partial charge in [0.1, 0.15) is 0 Å². The maximum atomic E-state index is 11.5. The molecule has 0 aromatic carbocycles. The van der Waals surface area contributed by atoms with E-state index in [1.807, 2.05) is 19.1 Å². The number of halogens is 3. The normalized spacial score (nSPS) is 9.53. The van der Waals surface area contributed by atoms with Crippen LogP contribution in [0, 0.1) is 0 Å². The van der Waals surface area contributed by atoms with Crippen LogP contribution in [0.5, 0.6) is 0 Å². The molecular formula is C11H13Cl3N2O. The van der Waals surface area contributed by atoms with Crippen molar-refractivity contribution in [3.05, 3.63) is 39.8 Å². The number of aromatic nitrogens is 2. The molecular weight excluding hydrogens is 282 g/mol. The van der Waals surface area contributed by atoms with Crippen molar-refractivity contribution in [3.8, 4) is 0 Å². The number of fused-ring (bicyclic) bond motifs is 1. The van der Waals surface area contributed by atoms with Gasteiger partial charge in [0, 0.05) is 17.6 Å². The third-order valence-electron chi connectivity index (χ3n) is 2.36. The number of aryl methyl sites for hydroxylation is 1. The summed E-state index contributed by atoms with van der Waals surface area (Å²) in [5.41, 5.74) is 3.17. The third kappa shape index (κ3) is 3.35. The molecule has 6 heteroatoms. The molecule has 2 aromatic rings. The van der Waals surface area contributed by atoms with Crippen molar-refractivity contribution in [2.24, 2.45) is 0 Å². The molecule has 0 spiro atoms. The molecule has 94 valence electrons. The Balaban J connectivity index is 0.00000128. The molecule has 0 bridgehead atoms. The van der Waals surface area contributed by atoms with E-state index in [0.29, 0.717) is 12.3 Å². The highest BCUT2D eigenvalue weighted by Crippen LogP contribution is 2.11. The molecule has 2 rings (SSSR count). The van der Waals surface area contributed by atoms with E-state index >= 15 is 0 Å². The average molecular weight is 296 g/mol. The summed E-state index contributed by atoms with van der Waals surface area (Å²) < 4.78 is 0. The van der Waals surface area contributed by atoms with Crippen molar-refractivity contribution in [1.29, 1.82) is 0 Å². The Morgan fingerprint density at radius 3 is 2.65 bits per heavy atom. The Hall–Kier alpha value is -0.770. The van der Waals surface area contributed by atoms with Crippen molar-refractivity contribution >= 4 is 47.4 Å². The topological polar surface area (TPSA) is 45.8 Å². The summed E-state index contributed by atoms with van der Waals surface area (Å²) in [6, 6.07) is 3.68. The Kier molecular flexibility index (Phi) is 6.53. The summed E-state index contributed by atoms with van der Waals surface area (Å²) in [4.78, 5) is 18.6. The predicted octanol–water partition coefficient (Wildman–Crippen LogP) is 3.07. The first-order chi connectivity index (χ1) is 7.24. The molecule has 0 aliphatic heterocycles. The van der Waals surface area contributed by atoms with Crippen LogP contribution in [0.2, 0.25) is 0 Å². The molecule has 3 nitrogen and oxygen atoms in total. The second-order valence-corrected chi connectivity index (χ2v) is 3.65. The molecule has 0 atom stereocenters. The number of nitrogens with one attached hydrogen (secondary N) is 1. The van der Waals surface area contributed by atoms with E-state index in [1.165, 1.54) is 0 Å². The van der Waals surface area contributed by atoms with Crippen LogP contribution in [-0.2, 0) is 12.3 Å². The fourth-order valence-corrected chi connectivity index (χ4v) is 1.65. The maximum absolute atomic E-state index is 11.5. The Morgan fingerprint density at radius 2 is 2.06 bits per heavy atom. The minimum Gasteiger partial charge on any atom is -0.320 e. The van der Waals surface area contributed by atoms with Gasteiger partial charge in [0.15, 0.2) is 0 Å². The zero-order valence-corrected chi connectivity index (χ0v) is 11.6. The minimum absolute atomic E-state index is 0. The Morgan fingerprint density at radius 1 is 1.35 bits per heavy atom. The SMILES string of the molecule is CCc1cc2ncc(CCl)cc2[nH]c1=O.Cl.Cl. The monoisotopic (exact) mass is 294 g/mol. The van der Waals surface area contributed by atoms with E-state index < -0.39 is 0 Å². The molecule has 2 aromatic heterocycles. The smallest absolute Gasteiger partial charge is 0.251 e. The molecule has 0 radical (unpaired) electrons. The van der Waals surface area contributed by atoms with Crippen LogP contribution in [-0.4, -0.2) is 9.97 Å². The van der Waals surface area contributed by atoms with Gasteiger partial charge >= 0.3 is 0 Å². The van der Waals surface area contributed by atoms with Gasteiger partial charge in [0.05, 0.1) is 11.0 Å². The van der Waals surface area contributed by atoms with E-state index in [0.717, 1.165) is 22.2 Å². The first kappa shape index (κ1) is 16.2. The number of hydrogen-bond acceptors (Lipinski definition) is 2. The number of H-pyrrole nitrogens is 1. The molecule has 0 saturated heterocycles. The van der Waals surface area contributed by atoms with E-state index in [4.69, 9.17) is 11.6 Å². The van der Waals surface area contributed by atoms with E-state index in [2.05, 4.69) is 9.97 Å². The molecule has 0 aliphatic carbocycles. The number of aromatic amines is 1. The predicted molar refractivity (Wildman–Crippen MR) is 75.8 cm³/mol. The van der Waals surface area contributed by atoms with Crippen LogP contribution in [0.3, 0.4) is 0 Å². The van der Waals surface area contributed by atoms with Gasteiger partial charge in [-0.2, -0.15) is 0 Å². The summed E-state index contributed by atoms with van der Waals surface area (Å²) in [6.45, 7) is 1.95. The van der Waals surface area contributed by atoms with Gasteiger partial charge in [0.2, 0.25) is 0 Å². The van der Waals surface area contributed by atoms with Crippen LogP contribution in [0.1, 0.15) is 18.1 Å². The Labute approximate surface area is 116 Å². The fourth-order valence-electron chi connectivity index (χ4n) is 1.50. The van der Waals surface area contributed by atoms with Gasteiger partial charge in [-0.3, -0.25) is 9.78 Å². The molecule has 0 amide bonds. The zero-order valence-electron chi connectivity index (χ0n) is 9.20. The summed E-state index contributed by atoms with van der Waals surface area (Å²) in [5.74, 6) is 0.403. The van der Waals surface area contributed by atoms with Crippen molar-refractivity contribution in [2.45, 2.75) is 19.2 Å². The molecule has 0 unspecified atom stereocenters. The standard InChI is InChI=1S/C11H11ClN2O.2ClH/c1-2-8-4-9-10(14-11(8)15)3-7(5-12)6-13-9;;/h3-4,6H,2,5H2,1H3,(H,14,15);2*1H. The second-order valence-electron chi connectivity index (χ2n) is 3.39. The van der Waals surface area contributed by atoms with Gasteiger partial charge in [-0.15, -0.1) is 36.4 Å². The summed E-state index contributed by atoms with van der Waals surface area (Å²) in [7, 11) is 0. The lowest BCUT2D eigenvalue weighted by molar-refractivity contribution is 1.07. The summed E-state index contributed by atoms with van der Waals surface area (Å²) in [6.07, 6.45) is 2.44. The largest absolute Gasteiger partial charge is 0.320 e. The number of pyridine rings is 2. The highest BCUT2D eigenvalue weighted by Gasteiger charge is 2.02. The van der Waals surface area contributed by atoms with Gasteiger partial charge in [0.25, 0.3) is 5.56 Å². The molecule has 0 saturated carbocycles. The van der Waals surface area contributed by atoms with Crippen molar-refractivity contribution in [3.63, 3.8) is 0 Å². The van der Waals surface area contributed by atoms with E-state index in [1.54, 1.807) is 6.20 Å². The molecule has 1 N–H and O–H groups in total. The molecule has 17 heavy (non-hydrogen) atoms. The summed E-state index contributed by atoms with van der Waals surface area (Å²) >= 11 is 5.69. The van der Waals surface area contributed by atoms with Crippen molar-refractivity contribution in [1.82, 2.24) is 9.97 Å². The molecule has 2 heterocycles. The van der Waals surface area contributed by atoms with Crippen LogP contribution < -0.4 is 5.56 Å². The number of hydrogen-bond donors (Lipinski definition) is 1. The van der Waals surface area contributed by atoms with Crippen LogP contribution in [0.25, 0.3) is 11.0 Å². The van der Waals surface area contributed by atoms with Crippen molar-refractivity contribution < 1.29 is 0 Å². The van der Waals surface area contributed by atoms with E-state index in [9.17, 15) is 4.79 Å². The number of alkyl halides is 1. The minimum atomic E-state index is -0.0430. The lowest BCUT2D eigenvalue weighted by Gasteiger charge is -2.01. The molecule has 0 fully saturated rings. The first-order valence-electron chi connectivity index (χ1n) is 4.81. The van der Waals surface area contributed by atoms with E-state index in [-0.39, 0.29) is 30.4 Å². The Bertz CT molecular complexity index is 554. The van der Waals surface area contributed by atoms with Crippen molar-refractivity contribution in [2.75, 3.05) is 0 Å². The average Bonchev–Trinajstić information content (AvgIpc) is 2.27. The van der Waals surface area contributed by atoms with Gasteiger partial charge < -0.3 is 4.98 Å². The van der Waals surface area contributed by atoms with Crippen LogP contribution in [0.4, 0.5) is 0 Å². The summed E-state index contributed by atoms with van der Waals surface area (Å²) in [5, 5.41) is 0. The number of rotatable bonds is 2.